The van der Waals surface area contributed by atoms with Crippen LogP contribution >= 0.6 is 0 Å². The average molecular weight is 270 g/mol. The maximum atomic E-state index is 12.5. The van der Waals surface area contributed by atoms with E-state index in [-0.39, 0.29) is 17.9 Å². The second-order valence-corrected chi connectivity index (χ2v) is 5.78. The molecule has 0 spiro atoms. The molecule has 1 heterocycles. The molecule has 1 amide bonds. The van der Waals surface area contributed by atoms with Crippen molar-refractivity contribution in [3.63, 3.8) is 0 Å². The van der Waals surface area contributed by atoms with E-state index in [1.165, 1.54) is 0 Å². The maximum Gasteiger partial charge on any atom is 0.226 e. The predicted molar refractivity (Wildman–Crippen MR) is 77.9 cm³/mol. The fourth-order valence-corrected chi connectivity index (χ4v) is 3.03. The molecular formula is C15H30N2O2. The van der Waals surface area contributed by atoms with Gasteiger partial charge in [0, 0.05) is 13.2 Å². The number of carbonyl (C=O) groups is 1. The minimum absolute atomic E-state index is 0.155. The third-order valence-electron chi connectivity index (χ3n) is 4.44. The summed E-state index contributed by atoms with van der Waals surface area (Å²) in [7, 11) is 0. The van der Waals surface area contributed by atoms with Gasteiger partial charge in [-0.25, -0.2) is 0 Å². The summed E-state index contributed by atoms with van der Waals surface area (Å²) in [4.78, 5) is 12.5. The summed E-state index contributed by atoms with van der Waals surface area (Å²) in [5.41, 5.74) is -0.155. The summed E-state index contributed by atoms with van der Waals surface area (Å²) in [5, 5.41) is 15.5. The van der Waals surface area contributed by atoms with Crippen LogP contribution in [0.5, 0.6) is 0 Å². The minimum atomic E-state index is -0.155. The van der Waals surface area contributed by atoms with Crippen LogP contribution in [0.2, 0.25) is 0 Å². The first-order valence-electron chi connectivity index (χ1n) is 7.78. The van der Waals surface area contributed by atoms with Gasteiger partial charge in [-0.2, -0.15) is 0 Å². The number of carbonyl (C=O) groups excluding carboxylic acids is 1. The first-order valence-corrected chi connectivity index (χ1v) is 7.78. The van der Waals surface area contributed by atoms with Gasteiger partial charge in [0.25, 0.3) is 0 Å². The summed E-state index contributed by atoms with van der Waals surface area (Å²) >= 11 is 0. The van der Waals surface area contributed by atoms with Crippen LogP contribution in [0.4, 0.5) is 0 Å². The molecule has 1 saturated heterocycles. The normalized spacial score (nSPS) is 19.9. The number of piperidine rings is 1. The number of amides is 1. The van der Waals surface area contributed by atoms with Crippen molar-refractivity contribution in [3.05, 3.63) is 0 Å². The first-order chi connectivity index (χ1) is 9.18. The maximum absolute atomic E-state index is 12.5. The molecule has 1 fully saturated rings. The Morgan fingerprint density at radius 3 is 2.58 bits per heavy atom. The molecule has 0 aromatic rings. The highest BCUT2D eigenvalue weighted by molar-refractivity contribution is 5.82. The number of hydrogen-bond donors (Lipinski definition) is 3. The van der Waals surface area contributed by atoms with Crippen LogP contribution in [0.15, 0.2) is 0 Å². The van der Waals surface area contributed by atoms with Crippen LogP contribution in [0, 0.1) is 11.3 Å². The lowest BCUT2D eigenvalue weighted by atomic mass is 9.74. The third kappa shape index (κ3) is 4.77. The van der Waals surface area contributed by atoms with E-state index >= 15 is 0 Å². The zero-order chi connectivity index (χ0) is 14.1. The van der Waals surface area contributed by atoms with E-state index in [2.05, 4.69) is 24.5 Å². The van der Waals surface area contributed by atoms with Crippen LogP contribution in [0.1, 0.15) is 52.4 Å². The summed E-state index contributed by atoms with van der Waals surface area (Å²) in [6, 6.07) is 0. The molecule has 1 unspecified atom stereocenters. The molecular weight excluding hydrogens is 240 g/mol. The van der Waals surface area contributed by atoms with Crippen LogP contribution in [0.25, 0.3) is 0 Å². The molecule has 4 nitrogen and oxygen atoms in total. The Bertz CT molecular complexity index is 257. The fraction of sp³-hybridized carbons (Fsp3) is 0.933. The number of rotatable bonds is 8. The zero-order valence-electron chi connectivity index (χ0n) is 12.5. The van der Waals surface area contributed by atoms with Crippen molar-refractivity contribution in [1.82, 2.24) is 10.6 Å². The van der Waals surface area contributed by atoms with Crippen LogP contribution < -0.4 is 10.6 Å². The Labute approximate surface area is 117 Å². The van der Waals surface area contributed by atoms with Gasteiger partial charge in [-0.05, 0) is 44.7 Å². The number of nitrogens with one attached hydrogen (secondary N) is 2. The van der Waals surface area contributed by atoms with Crippen molar-refractivity contribution in [3.8, 4) is 0 Å². The van der Waals surface area contributed by atoms with Gasteiger partial charge in [0.2, 0.25) is 5.91 Å². The number of aliphatic hydroxyl groups excluding tert-OH is 1. The van der Waals surface area contributed by atoms with Gasteiger partial charge in [-0.3, -0.25) is 4.79 Å². The van der Waals surface area contributed by atoms with Crippen molar-refractivity contribution in [1.29, 1.82) is 0 Å². The Morgan fingerprint density at radius 1 is 1.37 bits per heavy atom. The second-order valence-electron chi connectivity index (χ2n) is 5.78. The topological polar surface area (TPSA) is 61.4 Å². The number of aliphatic hydroxyl groups is 1. The van der Waals surface area contributed by atoms with Crippen molar-refractivity contribution in [2.45, 2.75) is 52.4 Å². The predicted octanol–water partition coefficient (Wildman–Crippen LogP) is 1.68. The summed E-state index contributed by atoms with van der Waals surface area (Å²) in [6.45, 7) is 7.06. The highest BCUT2D eigenvalue weighted by Gasteiger charge is 2.38. The Morgan fingerprint density at radius 2 is 2.05 bits per heavy atom. The Balaban J connectivity index is 2.52. The van der Waals surface area contributed by atoms with Gasteiger partial charge >= 0.3 is 0 Å². The van der Waals surface area contributed by atoms with E-state index in [9.17, 15) is 4.79 Å². The first kappa shape index (κ1) is 16.4. The third-order valence-corrected chi connectivity index (χ3v) is 4.44. The van der Waals surface area contributed by atoms with E-state index in [4.69, 9.17) is 5.11 Å². The molecule has 0 bridgehead atoms. The number of hydrogen-bond acceptors (Lipinski definition) is 3. The Kier molecular flexibility index (Phi) is 7.39. The molecule has 0 aromatic carbocycles. The summed E-state index contributed by atoms with van der Waals surface area (Å²) < 4.78 is 0. The van der Waals surface area contributed by atoms with Crippen molar-refractivity contribution in [2.75, 3.05) is 26.2 Å². The van der Waals surface area contributed by atoms with Gasteiger partial charge < -0.3 is 15.7 Å². The molecule has 0 saturated carbocycles. The van der Waals surface area contributed by atoms with Crippen molar-refractivity contribution >= 4 is 5.91 Å². The lowest BCUT2D eigenvalue weighted by molar-refractivity contribution is -0.133. The quantitative estimate of drug-likeness (QED) is 0.629. The molecule has 19 heavy (non-hydrogen) atoms. The highest BCUT2D eigenvalue weighted by Crippen LogP contribution is 2.34. The fourth-order valence-electron chi connectivity index (χ4n) is 3.03. The van der Waals surface area contributed by atoms with Crippen LogP contribution in [0.3, 0.4) is 0 Å². The van der Waals surface area contributed by atoms with Crippen molar-refractivity contribution in [2.24, 2.45) is 11.3 Å². The molecule has 112 valence electrons. The van der Waals surface area contributed by atoms with E-state index in [1.54, 1.807) is 0 Å². The Hall–Kier alpha value is -0.610. The van der Waals surface area contributed by atoms with E-state index < -0.39 is 0 Å². The molecule has 0 aromatic heterocycles. The summed E-state index contributed by atoms with van der Waals surface area (Å²) in [6.07, 6.45) is 5.72. The van der Waals surface area contributed by atoms with Gasteiger partial charge in [0.1, 0.15) is 0 Å². The molecule has 1 aliphatic rings. The molecule has 1 rings (SSSR count). The smallest absolute Gasteiger partial charge is 0.226 e. The van der Waals surface area contributed by atoms with E-state index in [0.717, 1.165) is 51.6 Å². The molecule has 0 aliphatic carbocycles. The molecule has 4 heteroatoms. The molecule has 0 radical (unpaired) electrons. The average Bonchev–Trinajstić information content (AvgIpc) is 2.44. The highest BCUT2D eigenvalue weighted by atomic mass is 16.3. The zero-order valence-corrected chi connectivity index (χ0v) is 12.5. The second kappa shape index (κ2) is 8.54. The van der Waals surface area contributed by atoms with Gasteiger partial charge in [-0.15, -0.1) is 0 Å². The lowest BCUT2D eigenvalue weighted by Gasteiger charge is -2.36. The van der Waals surface area contributed by atoms with Crippen LogP contribution in [-0.2, 0) is 4.79 Å². The molecule has 3 N–H and O–H groups in total. The standard InChI is InChI=1S/C15H30N2O2/c1-3-6-15(7-9-16-10-8-15)14(19)17-12-13(4-2)5-11-18/h13,16,18H,3-12H2,1-2H3,(H,17,19). The van der Waals surface area contributed by atoms with Crippen molar-refractivity contribution < 1.29 is 9.90 Å². The molecule has 1 aliphatic heterocycles. The molecule has 1 atom stereocenters. The lowest BCUT2D eigenvalue weighted by Crippen LogP contribution is -2.48. The van der Waals surface area contributed by atoms with Crippen LogP contribution in [-0.4, -0.2) is 37.3 Å². The SMILES string of the molecule is CCCC1(C(=O)NCC(CC)CCO)CCNCC1. The summed E-state index contributed by atoms with van der Waals surface area (Å²) in [5.74, 6) is 0.626. The van der Waals surface area contributed by atoms with Gasteiger partial charge in [0.05, 0.1) is 5.41 Å². The van der Waals surface area contributed by atoms with E-state index in [0.29, 0.717) is 12.5 Å². The van der Waals surface area contributed by atoms with Gasteiger partial charge in [-0.1, -0.05) is 26.7 Å². The van der Waals surface area contributed by atoms with E-state index in [1.807, 2.05) is 0 Å². The van der Waals surface area contributed by atoms with Gasteiger partial charge in [0.15, 0.2) is 0 Å². The minimum Gasteiger partial charge on any atom is -0.396 e. The largest absolute Gasteiger partial charge is 0.396 e. The monoisotopic (exact) mass is 270 g/mol.